The van der Waals surface area contributed by atoms with E-state index < -0.39 is 29.3 Å². The van der Waals surface area contributed by atoms with Crippen molar-refractivity contribution in [2.45, 2.75) is 149 Å². The third-order valence-corrected chi connectivity index (χ3v) is 24.2. The molecule has 0 aliphatic rings. The van der Waals surface area contributed by atoms with Gasteiger partial charge in [-0.3, -0.25) is 31.2 Å². The number of para-hydroxylation sites is 1. The number of nitrogens with zero attached hydrogens (tertiary/aromatic N) is 6. The molecule has 0 spiro atoms. The molecule has 0 heterocycles. The second-order valence-electron chi connectivity index (χ2n) is 32.6. The number of nitrogens with one attached hydrogen (secondary N) is 1. The van der Waals surface area contributed by atoms with Crippen LogP contribution in [0.25, 0.3) is 0 Å². The molecule has 0 saturated heterocycles. The monoisotopic (exact) mass is 2250 g/mol. The zero-order valence-electron chi connectivity index (χ0n) is 82.6. The topological polar surface area (TPSA) is 271 Å². The van der Waals surface area contributed by atoms with Crippen molar-refractivity contribution >= 4 is 177 Å². The molecule has 2 amide bonds. The maximum atomic E-state index is 13.5. The van der Waals surface area contributed by atoms with Crippen molar-refractivity contribution in [3.63, 3.8) is 0 Å². The summed E-state index contributed by atoms with van der Waals surface area (Å²) in [5.41, 5.74) is 18.3. The number of carbonyl (C=O) groups excluding carboxylic acids is 1. The summed E-state index contributed by atoms with van der Waals surface area (Å²) in [6.07, 6.45) is -4.75. The molecule has 12 aromatic rings. The van der Waals surface area contributed by atoms with Crippen LogP contribution in [0.1, 0.15) is 131 Å². The molecule has 0 radical (unpaired) electrons. The quantitative estimate of drug-likeness (QED) is 0.00921. The van der Waals surface area contributed by atoms with Crippen LogP contribution in [0.5, 0.6) is 34.5 Å². The zero-order valence-corrected chi connectivity index (χ0v) is 91.1. The first kappa shape index (κ1) is 118. The summed E-state index contributed by atoms with van der Waals surface area (Å²) in [6.45, 7) is 29.1. The van der Waals surface area contributed by atoms with E-state index in [1.165, 1.54) is 101 Å². The zero-order chi connectivity index (χ0) is 106. The Morgan fingerprint density at radius 2 is 0.650 bits per heavy atom. The Kier molecular flexibility index (Phi) is 47.1. The van der Waals surface area contributed by atoms with Crippen LogP contribution < -0.4 is 64.1 Å². The molecule has 0 aliphatic carbocycles. The Hall–Kier alpha value is -11.9. The molecule has 0 atom stereocenters. The highest BCUT2D eigenvalue weighted by molar-refractivity contribution is 14.1. The summed E-state index contributed by atoms with van der Waals surface area (Å²) < 4.78 is 115. The van der Waals surface area contributed by atoms with Crippen molar-refractivity contribution in [3.8, 4) is 34.5 Å². The van der Waals surface area contributed by atoms with Gasteiger partial charge in [-0.2, -0.15) is 43.6 Å². The number of hydrogen-bond donors (Lipinski definition) is 7. The van der Waals surface area contributed by atoms with E-state index in [-0.39, 0.29) is 56.3 Å². The summed E-state index contributed by atoms with van der Waals surface area (Å²) in [6, 6.07) is 63.4. The first-order valence-corrected chi connectivity index (χ1v) is 48.2. The van der Waals surface area contributed by atoms with Crippen LogP contribution in [0.15, 0.2) is 223 Å². The van der Waals surface area contributed by atoms with Gasteiger partial charge in [-0.25, -0.2) is 9.18 Å². The van der Waals surface area contributed by atoms with E-state index in [2.05, 4.69) is 82.8 Å². The number of urea groups is 1. The minimum atomic E-state index is -4.75. The van der Waals surface area contributed by atoms with E-state index in [0.29, 0.717) is 86.9 Å². The van der Waals surface area contributed by atoms with E-state index >= 15 is 0 Å². The lowest BCUT2D eigenvalue weighted by Crippen LogP contribution is -2.37. The largest absolute Gasteiger partial charge is 0.489 e. The van der Waals surface area contributed by atoms with Crippen LogP contribution in [0.4, 0.5) is 56.5 Å². The van der Waals surface area contributed by atoms with Crippen molar-refractivity contribution in [2.24, 2.45) is 0 Å². The lowest BCUT2D eigenvalue weighted by atomic mass is 10.00. The number of hydroxylamine groups is 6. The van der Waals surface area contributed by atoms with Gasteiger partial charge in [-0.15, -0.1) is 0 Å². The van der Waals surface area contributed by atoms with Gasteiger partial charge in [0.15, 0.2) is 0 Å². The van der Waals surface area contributed by atoms with Crippen LogP contribution in [-0.4, -0.2) is 106 Å². The molecule has 0 aromatic heterocycles. The van der Waals surface area contributed by atoms with Gasteiger partial charge in [0.05, 0.1) is 75.2 Å². The number of amides is 2. The number of rotatable bonds is 25. The second-order valence-corrected chi connectivity index (χ2v) is 36.9. The molecule has 12 rings (SSSR count). The van der Waals surface area contributed by atoms with E-state index in [0.717, 1.165) is 119 Å². The number of aryl methyl sites for hydroxylation is 12. The minimum Gasteiger partial charge on any atom is -0.489 e. The molecule has 0 bridgehead atoms. The van der Waals surface area contributed by atoms with Crippen molar-refractivity contribution in [2.75, 3.05) is 73.0 Å². The standard InChI is InChI=1S/C20H25NO3S.C18H19F3N2O3.C17H18BrNO3S.C17H18ClNO3S.C17H18FNO3S.C17H18INO3S/c1-13(2)16-7-8-18(21(22)20(25)23-5)17(11-16)12-24-19-9-6-14(3)10-15(19)4;1-11-7-8-15(12(2)9-11)26-10-13-5-4-6-14(18(19,20)21)16(13)23(25)17(24)22-3;4*1-11-4-7-16(12(2)8-11)22-10-13-9-14(18)5-6-15(13)19(20)17(23)21-3/h6-11,13,22H,12H2,1-5H3;4-9,25H,10H2,1-3H3,(H,22,24);4*4-9,20H,10H2,1-3H3. The Labute approximate surface area is 885 Å². The number of benzene rings is 12. The maximum Gasteiger partial charge on any atom is 0.418 e. The number of ether oxygens (including phenoxy) is 11. The number of thiocarbonyl (C=S) groups is 5. The van der Waals surface area contributed by atoms with E-state index in [9.17, 15) is 53.6 Å². The average molecular weight is 2250 g/mol. The summed E-state index contributed by atoms with van der Waals surface area (Å²) in [5.74, 6) is 4.37. The van der Waals surface area contributed by atoms with Gasteiger partial charge in [0.2, 0.25) is 0 Å². The molecule has 762 valence electrons. The summed E-state index contributed by atoms with van der Waals surface area (Å²) in [5, 5.41) is 67.1. The van der Waals surface area contributed by atoms with Gasteiger partial charge in [0, 0.05) is 53.5 Å². The molecule has 25 nitrogen and oxygen atoms in total. The summed E-state index contributed by atoms with van der Waals surface area (Å²) >= 11 is 36.5. The van der Waals surface area contributed by atoms with Crippen molar-refractivity contribution in [3.05, 3.63) is 349 Å². The summed E-state index contributed by atoms with van der Waals surface area (Å²) in [7, 11) is 8.21. The number of hydrogen-bond acceptors (Lipinski definition) is 23. The molecule has 12 aromatic carbocycles. The molecule has 143 heavy (non-hydrogen) atoms. The third kappa shape index (κ3) is 35.6. The number of methoxy groups -OCH3 is 5. The fourth-order valence-corrected chi connectivity index (χ4v) is 15.5. The van der Waals surface area contributed by atoms with E-state index in [1.54, 1.807) is 36.4 Å². The molecule has 0 unspecified atom stereocenters. The first-order chi connectivity index (χ1) is 67.6. The van der Waals surface area contributed by atoms with E-state index in [1.807, 2.05) is 204 Å². The third-order valence-electron chi connectivity index (χ3n) is 21.1. The summed E-state index contributed by atoms with van der Waals surface area (Å²) in [4.78, 5) is 11.7. The molecule has 37 heteroatoms. The van der Waals surface area contributed by atoms with Crippen LogP contribution >= 0.6 is 111 Å². The van der Waals surface area contributed by atoms with Gasteiger partial charge >= 0.3 is 12.2 Å². The van der Waals surface area contributed by atoms with Crippen molar-refractivity contribution in [1.82, 2.24) is 5.32 Å². The molecular weight excluding hydrogens is 2140 g/mol. The fourth-order valence-electron chi connectivity index (χ4n) is 13.8. The van der Waals surface area contributed by atoms with Gasteiger partial charge < -0.3 is 57.4 Å². The second kappa shape index (κ2) is 57.0. The van der Waals surface area contributed by atoms with Gasteiger partial charge in [0.25, 0.3) is 25.9 Å². The fraction of sp³-hybridized carbons (Fsp3) is 0.264. The van der Waals surface area contributed by atoms with Crippen LogP contribution in [0.2, 0.25) is 5.02 Å². The highest BCUT2D eigenvalue weighted by atomic mass is 127. The Balaban J connectivity index is 0.000000233. The van der Waals surface area contributed by atoms with Crippen LogP contribution in [-0.2, 0) is 69.5 Å². The number of alkyl halides is 3. The highest BCUT2D eigenvalue weighted by Gasteiger charge is 2.38. The SMILES string of the molecule is CNC(=O)N(O)c1c(COc2ccc(C)cc2C)cccc1C(F)(F)F.COC(=S)N(O)c1ccc(Br)cc1COc1ccc(C)cc1C.COC(=S)N(O)c1ccc(C(C)C)cc1COc1ccc(C)cc1C.COC(=S)N(O)c1ccc(Cl)cc1COc1ccc(C)cc1C.COC(=S)N(O)c1ccc(F)cc1COc1ccc(C)cc1C.COC(=S)N(O)c1ccc(I)cc1COc1ccc(C)cc1C. The Morgan fingerprint density at radius 3 is 0.958 bits per heavy atom. The average Bonchev–Trinajstić information content (AvgIpc) is 0.784. The van der Waals surface area contributed by atoms with Crippen LogP contribution in [0.3, 0.4) is 0 Å². The Morgan fingerprint density at radius 1 is 0.371 bits per heavy atom. The highest BCUT2D eigenvalue weighted by Crippen LogP contribution is 2.41. The normalized spacial score (nSPS) is 10.5. The van der Waals surface area contributed by atoms with Gasteiger partial charge in [-0.05, 0) is 339 Å². The Bertz CT molecular complexity index is 5930. The maximum absolute atomic E-state index is 13.5. The smallest absolute Gasteiger partial charge is 0.418 e. The predicted molar refractivity (Wildman–Crippen MR) is 583 cm³/mol. The van der Waals surface area contributed by atoms with Crippen LogP contribution in [0, 0.1) is 92.5 Å². The molecule has 7 N–H and O–H groups in total. The van der Waals surface area contributed by atoms with Crippen molar-refractivity contribution < 1.29 is 106 Å². The van der Waals surface area contributed by atoms with Crippen molar-refractivity contribution in [1.29, 1.82) is 0 Å². The lowest BCUT2D eigenvalue weighted by molar-refractivity contribution is -0.137. The first-order valence-electron chi connectivity index (χ1n) is 43.9. The molecule has 0 saturated carbocycles. The number of anilines is 6. The van der Waals surface area contributed by atoms with Gasteiger partial charge in [0.1, 0.15) is 80.0 Å². The lowest BCUT2D eigenvalue weighted by Gasteiger charge is -2.23. The molecular formula is C106H116BrClF4IN7O18S5. The number of carbonyl (C=O) groups is 1. The van der Waals surface area contributed by atoms with E-state index in [4.69, 9.17) is 125 Å². The molecule has 0 aliphatic heterocycles. The minimum absolute atomic E-state index is 0.00920. The van der Waals surface area contributed by atoms with Gasteiger partial charge in [-0.1, -0.05) is 166 Å². The number of halogens is 7. The molecule has 0 fully saturated rings. The predicted octanol–water partition coefficient (Wildman–Crippen LogP) is 27.8.